The summed E-state index contributed by atoms with van der Waals surface area (Å²) in [5.74, 6) is 0. The lowest BCUT2D eigenvalue weighted by Gasteiger charge is -2.33. The van der Waals surface area contributed by atoms with E-state index in [9.17, 15) is 0 Å². The Hall–Kier alpha value is -0.200. The topological polar surface area (TPSA) is 79.2 Å². The molecule has 0 aromatic rings. The summed E-state index contributed by atoms with van der Waals surface area (Å²) < 4.78 is 9.52. The zero-order chi connectivity index (χ0) is 8.43. The molecule has 0 aromatic heterocycles. The van der Waals surface area contributed by atoms with E-state index in [2.05, 4.69) is 4.74 Å². The van der Waals surface area contributed by atoms with Crippen molar-refractivity contribution in [3.63, 3.8) is 0 Å². The lowest BCUT2D eigenvalue weighted by Crippen LogP contribution is -2.53. The summed E-state index contributed by atoms with van der Waals surface area (Å²) in [5, 5.41) is 27.2. The van der Waals surface area contributed by atoms with Crippen LogP contribution in [0.2, 0.25) is 0 Å². The Bertz CT molecular complexity index is 126. The fraction of sp³-hybridized carbons (Fsp3) is 1.00. The predicted octanol–water partition coefficient (Wildman–Crippen LogP) is -1.93. The molecule has 4 atom stereocenters. The molecule has 1 aliphatic heterocycles. The van der Waals surface area contributed by atoms with E-state index in [0.29, 0.717) is 0 Å². The minimum absolute atomic E-state index is 0.0171. The second-order valence-electron chi connectivity index (χ2n) is 2.49. The summed E-state index contributed by atoms with van der Waals surface area (Å²) in [6, 6.07) is 0. The van der Waals surface area contributed by atoms with Crippen molar-refractivity contribution < 1.29 is 24.8 Å². The molecular weight excluding hydrogens is 152 g/mol. The highest BCUT2D eigenvalue weighted by Gasteiger charge is 2.37. The molecule has 0 spiro atoms. The number of aliphatic hydroxyl groups excluding tert-OH is 3. The second kappa shape index (κ2) is 3.46. The van der Waals surface area contributed by atoms with Crippen LogP contribution < -0.4 is 0 Å². The van der Waals surface area contributed by atoms with Crippen molar-refractivity contribution in [1.82, 2.24) is 0 Å². The number of ether oxygens (including phenoxy) is 2. The molecule has 0 saturated carbocycles. The van der Waals surface area contributed by atoms with Crippen LogP contribution in [-0.4, -0.2) is 53.6 Å². The third-order valence-corrected chi connectivity index (χ3v) is 1.69. The number of methoxy groups -OCH3 is 1. The monoisotopic (exact) mass is 164 g/mol. The van der Waals surface area contributed by atoms with Gasteiger partial charge in [-0.1, -0.05) is 0 Å². The Balaban J connectivity index is 2.52. The summed E-state index contributed by atoms with van der Waals surface area (Å²) in [6.45, 7) is -0.0171. The first-order valence-electron chi connectivity index (χ1n) is 3.35. The molecule has 5 nitrogen and oxygen atoms in total. The standard InChI is InChI=1S/C6H12O5/c1-10-6-5(9)4(8)3(7)2-11-6/h3-9H,2H2,1H3/t3-,4-,5+,6+/m0/s1. The lowest BCUT2D eigenvalue weighted by atomic mass is 10.1. The number of hydrogen-bond acceptors (Lipinski definition) is 5. The van der Waals surface area contributed by atoms with E-state index in [-0.39, 0.29) is 6.61 Å². The van der Waals surface area contributed by atoms with Crippen molar-refractivity contribution in [1.29, 1.82) is 0 Å². The normalized spacial score (nSPS) is 45.8. The smallest absolute Gasteiger partial charge is 0.185 e. The minimum atomic E-state index is -1.19. The molecule has 1 rings (SSSR count). The average Bonchev–Trinajstić information content (AvgIpc) is 2.01. The van der Waals surface area contributed by atoms with Gasteiger partial charge in [-0.05, 0) is 0 Å². The molecule has 11 heavy (non-hydrogen) atoms. The van der Waals surface area contributed by atoms with E-state index in [1.54, 1.807) is 0 Å². The van der Waals surface area contributed by atoms with Gasteiger partial charge in [-0.15, -0.1) is 0 Å². The maximum Gasteiger partial charge on any atom is 0.185 e. The van der Waals surface area contributed by atoms with Gasteiger partial charge in [-0.3, -0.25) is 0 Å². The molecule has 0 radical (unpaired) electrons. The lowest BCUT2D eigenvalue weighted by molar-refractivity contribution is -0.261. The summed E-state index contributed by atoms with van der Waals surface area (Å²) in [6.07, 6.45) is -4.23. The van der Waals surface area contributed by atoms with Crippen LogP contribution in [0.5, 0.6) is 0 Å². The highest BCUT2D eigenvalue weighted by atomic mass is 16.7. The Morgan fingerprint density at radius 3 is 2.45 bits per heavy atom. The average molecular weight is 164 g/mol. The molecule has 1 fully saturated rings. The van der Waals surface area contributed by atoms with Crippen molar-refractivity contribution >= 4 is 0 Å². The van der Waals surface area contributed by atoms with Crippen molar-refractivity contribution in [2.75, 3.05) is 13.7 Å². The molecule has 66 valence electrons. The molecule has 5 heteroatoms. The maximum absolute atomic E-state index is 9.15. The molecule has 0 unspecified atom stereocenters. The van der Waals surface area contributed by atoms with Gasteiger partial charge in [0.1, 0.15) is 18.3 Å². The third-order valence-electron chi connectivity index (χ3n) is 1.69. The second-order valence-corrected chi connectivity index (χ2v) is 2.49. The largest absolute Gasteiger partial charge is 0.388 e. The van der Waals surface area contributed by atoms with E-state index < -0.39 is 24.6 Å². The van der Waals surface area contributed by atoms with E-state index in [0.717, 1.165) is 0 Å². The van der Waals surface area contributed by atoms with Crippen LogP contribution in [0.3, 0.4) is 0 Å². The Kier molecular flexibility index (Phi) is 2.80. The van der Waals surface area contributed by atoms with Crippen LogP contribution >= 0.6 is 0 Å². The Morgan fingerprint density at radius 1 is 1.27 bits per heavy atom. The first-order valence-corrected chi connectivity index (χ1v) is 3.35. The molecule has 0 amide bonds. The van der Waals surface area contributed by atoms with Crippen molar-refractivity contribution in [2.24, 2.45) is 0 Å². The van der Waals surface area contributed by atoms with Gasteiger partial charge < -0.3 is 24.8 Å². The molecule has 0 aromatic carbocycles. The quantitative estimate of drug-likeness (QED) is 0.420. The summed E-state index contributed by atoms with van der Waals surface area (Å²) in [7, 11) is 1.36. The van der Waals surface area contributed by atoms with E-state index in [1.807, 2.05) is 0 Å². The summed E-state index contributed by atoms with van der Waals surface area (Å²) >= 11 is 0. The summed E-state index contributed by atoms with van der Waals surface area (Å²) in [4.78, 5) is 0. The SMILES string of the molecule is CO[C@@H]1OC[C@H](O)[C@H](O)[C@H]1O. The van der Waals surface area contributed by atoms with Gasteiger partial charge in [0.15, 0.2) is 6.29 Å². The highest BCUT2D eigenvalue weighted by Crippen LogP contribution is 2.15. The van der Waals surface area contributed by atoms with E-state index in [1.165, 1.54) is 7.11 Å². The molecule has 1 saturated heterocycles. The molecule has 1 heterocycles. The van der Waals surface area contributed by atoms with Gasteiger partial charge in [0.2, 0.25) is 0 Å². The molecular formula is C6H12O5. The van der Waals surface area contributed by atoms with Gasteiger partial charge >= 0.3 is 0 Å². The highest BCUT2D eigenvalue weighted by molar-refractivity contribution is 4.81. The zero-order valence-electron chi connectivity index (χ0n) is 6.17. The van der Waals surface area contributed by atoms with Gasteiger partial charge in [-0.2, -0.15) is 0 Å². The Labute approximate surface area is 64.2 Å². The molecule has 0 aliphatic carbocycles. The first kappa shape index (κ1) is 8.89. The minimum Gasteiger partial charge on any atom is -0.388 e. The fourth-order valence-electron chi connectivity index (χ4n) is 0.987. The van der Waals surface area contributed by atoms with Crippen molar-refractivity contribution in [2.45, 2.75) is 24.6 Å². The fourth-order valence-corrected chi connectivity index (χ4v) is 0.987. The van der Waals surface area contributed by atoms with Crippen molar-refractivity contribution in [3.8, 4) is 0 Å². The number of rotatable bonds is 1. The molecule has 1 aliphatic rings. The third kappa shape index (κ3) is 1.69. The Morgan fingerprint density at radius 2 is 1.91 bits per heavy atom. The van der Waals surface area contributed by atoms with Crippen LogP contribution in [0.15, 0.2) is 0 Å². The summed E-state index contributed by atoms with van der Waals surface area (Å²) in [5.41, 5.74) is 0. The van der Waals surface area contributed by atoms with E-state index in [4.69, 9.17) is 20.1 Å². The van der Waals surface area contributed by atoms with Gasteiger partial charge in [0.05, 0.1) is 6.61 Å². The number of aliphatic hydroxyl groups is 3. The van der Waals surface area contributed by atoms with Gasteiger partial charge in [-0.25, -0.2) is 0 Å². The van der Waals surface area contributed by atoms with Crippen LogP contribution in [0.1, 0.15) is 0 Å². The van der Waals surface area contributed by atoms with Crippen LogP contribution in [-0.2, 0) is 9.47 Å². The molecule has 0 bridgehead atoms. The van der Waals surface area contributed by atoms with Gasteiger partial charge in [0, 0.05) is 7.11 Å². The predicted molar refractivity (Wildman–Crippen MR) is 34.8 cm³/mol. The molecule has 3 N–H and O–H groups in total. The van der Waals surface area contributed by atoms with Gasteiger partial charge in [0.25, 0.3) is 0 Å². The number of hydrogen-bond donors (Lipinski definition) is 3. The van der Waals surface area contributed by atoms with Crippen LogP contribution in [0.25, 0.3) is 0 Å². The van der Waals surface area contributed by atoms with Crippen LogP contribution in [0.4, 0.5) is 0 Å². The van der Waals surface area contributed by atoms with Crippen molar-refractivity contribution in [3.05, 3.63) is 0 Å². The van der Waals surface area contributed by atoms with E-state index >= 15 is 0 Å². The first-order chi connectivity index (χ1) is 5.16. The maximum atomic E-state index is 9.15. The van der Waals surface area contributed by atoms with Crippen LogP contribution in [0, 0.1) is 0 Å². The zero-order valence-corrected chi connectivity index (χ0v) is 6.17.